The van der Waals surface area contributed by atoms with Crippen molar-refractivity contribution in [1.82, 2.24) is 10.5 Å². The first kappa shape index (κ1) is 14.0. The molecule has 3 nitrogen and oxygen atoms in total. The lowest BCUT2D eigenvalue weighted by Crippen LogP contribution is -2.19. The van der Waals surface area contributed by atoms with Crippen LogP contribution in [-0.4, -0.2) is 5.16 Å². The lowest BCUT2D eigenvalue weighted by atomic mass is 10.1. The molecule has 0 saturated heterocycles. The highest BCUT2D eigenvalue weighted by Gasteiger charge is 2.16. The monoisotopic (exact) mass is 282 g/mol. The van der Waals surface area contributed by atoms with E-state index in [9.17, 15) is 4.39 Å². The molecule has 19 heavy (non-hydrogen) atoms. The molecule has 1 aromatic heterocycles. The highest BCUT2D eigenvalue weighted by molar-refractivity contribution is 6.31. The van der Waals surface area contributed by atoms with Crippen molar-refractivity contribution < 1.29 is 8.91 Å². The predicted molar refractivity (Wildman–Crippen MR) is 72.6 cm³/mol. The van der Waals surface area contributed by atoms with Gasteiger partial charge in [0.25, 0.3) is 0 Å². The van der Waals surface area contributed by atoms with Crippen LogP contribution in [0.5, 0.6) is 0 Å². The van der Waals surface area contributed by atoms with E-state index in [0.717, 1.165) is 22.6 Å². The van der Waals surface area contributed by atoms with Crippen molar-refractivity contribution in [3.05, 3.63) is 51.6 Å². The third kappa shape index (κ3) is 2.96. The van der Waals surface area contributed by atoms with Crippen LogP contribution in [0.25, 0.3) is 0 Å². The topological polar surface area (TPSA) is 38.1 Å². The van der Waals surface area contributed by atoms with Crippen LogP contribution in [0, 0.1) is 19.7 Å². The van der Waals surface area contributed by atoms with Gasteiger partial charge in [-0.1, -0.05) is 28.9 Å². The van der Waals surface area contributed by atoms with Gasteiger partial charge < -0.3 is 9.84 Å². The van der Waals surface area contributed by atoms with E-state index in [4.69, 9.17) is 16.1 Å². The fraction of sp³-hybridized carbons (Fsp3) is 0.357. The van der Waals surface area contributed by atoms with Crippen LogP contribution in [-0.2, 0) is 6.54 Å². The van der Waals surface area contributed by atoms with E-state index in [1.54, 1.807) is 12.1 Å². The van der Waals surface area contributed by atoms with Gasteiger partial charge in [0, 0.05) is 18.2 Å². The van der Waals surface area contributed by atoms with Crippen molar-refractivity contribution in [1.29, 1.82) is 0 Å². The van der Waals surface area contributed by atoms with Gasteiger partial charge in [0.15, 0.2) is 0 Å². The van der Waals surface area contributed by atoms with Gasteiger partial charge in [-0.2, -0.15) is 0 Å². The molecular weight excluding hydrogens is 267 g/mol. The molecule has 5 heteroatoms. The largest absolute Gasteiger partial charge is 0.361 e. The highest BCUT2D eigenvalue weighted by atomic mass is 35.5. The molecule has 1 atom stereocenters. The number of benzene rings is 1. The number of rotatable bonds is 4. The zero-order chi connectivity index (χ0) is 14.0. The second kappa shape index (κ2) is 5.72. The zero-order valence-electron chi connectivity index (χ0n) is 11.1. The van der Waals surface area contributed by atoms with Crippen molar-refractivity contribution >= 4 is 11.6 Å². The normalized spacial score (nSPS) is 12.7. The summed E-state index contributed by atoms with van der Waals surface area (Å²) < 4.78 is 18.5. The van der Waals surface area contributed by atoms with Crippen molar-refractivity contribution in [2.75, 3.05) is 0 Å². The van der Waals surface area contributed by atoms with E-state index in [2.05, 4.69) is 10.5 Å². The molecule has 102 valence electrons. The Kier molecular flexibility index (Phi) is 4.22. The van der Waals surface area contributed by atoms with Crippen LogP contribution in [0.2, 0.25) is 5.02 Å². The lowest BCUT2D eigenvalue weighted by Gasteiger charge is -2.14. The summed E-state index contributed by atoms with van der Waals surface area (Å²) in [6.45, 7) is 6.28. The molecule has 0 aliphatic heterocycles. The standard InChI is InChI=1S/C14H16ClFN2O/c1-8(13-9(2)18-19-10(13)3)17-7-11-5-4-6-12(16)14(11)15/h4-6,8,17H,7H2,1-3H3. The summed E-state index contributed by atoms with van der Waals surface area (Å²) in [5.41, 5.74) is 2.63. The Bertz CT molecular complexity index is 563. The molecule has 1 unspecified atom stereocenters. The van der Waals surface area contributed by atoms with E-state index in [-0.39, 0.29) is 11.1 Å². The maximum atomic E-state index is 13.3. The van der Waals surface area contributed by atoms with Crippen LogP contribution in [0.15, 0.2) is 22.7 Å². The molecule has 1 heterocycles. The van der Waals surface area contributed by atoms with Gasteiger partial charge in [0.1, 0.15) is 11.6 Å². The Morgan fingerprint density at radius 1 is 1.42 bits per heavy atom. The third-order valence-corrected chi connectivity index (χ3v) is 3.58. The predicted octanol–water partition coefficient (Wildman–Crippen LogP) is 3.93. The van der Waals surface area contributed by atoms with E-state index in [0.29, 0.717) is 6.54 Å². The Morgan fingerprint density at radius 3 is 2.79 bits per heavy atom. The SMILES string of the molecule is Cc1noc(C)c1C(C)NCc1cccc(F)c1Cl. The Hall–Kier alpha value is -1.39. The van der Waals surface area contributed by atoms with Gasteiger partial charge in [0.05, 0.1) is 10.7 Å². The van der Waals surface area contributed by atoms with Crippen LogP contribution in [0.4, 0.5) is 4.39 Å². The Labute approximate surface area is 116 Å². The molecule has 0 aliphatic rings. The van der Waals surface area contributed by atoms with Crippen LogP contribution in [0.3, 0.4) is 0 Å². The fourth-order valence-corrected chi connectivity index (χ4v) is 2.35. The van der Waals surface area contributed by atoms with Crippen molar-refractivity contribution in [2.24, 2.45) is 0 Å². The van der Waals surface area contributed by atoms with Gasteiger partial charge >= 0.3 is 0 Å². The van der Waals surface area contributed by atoms with Gasteiger partial charge in [-0.25, -0.2) is 4.39 Å². The summed E-state index contributed by atoms with van der Waals surface area (Å²) in [5, 5.41) is 7.39. The number of halogens is 2. The summed E-state index contributed by atoms with van der Waals surface area (Å²) in [5.74, 6) is 0.397. The van der Waals surface area contributed by atoms with Crippen LogP contribution >= 0.6 is 11.6 Å². The molecule has 1 N–H and O–H groups in total. The van der Waals surface area contributed by atoms with Crippen molar-refractivity contribution in [2.45, 2.75) is 33.4 Å². The number of hydrogen-bond acceptors (Lipinski definition) is 3. The Balaban J connectivity index is 2.09. The minimum atomic E-state index is -0.397. The van der Waals surface area contributed by atoms with Gasteiger partial charge in [-0.3, -0.25) is 0 Å². The first-order valence-electron chi connectivity index (χ1n) is 6.09. The van der Waals surface area contributed by atoms with E-state index in [1.807, 2.05) is 20.8 Å². The van der Waals surface area contributed by atoms with E-state index < -0.39 is 5.82 Å². The molecular formula is C14H16ClFN2O. The van der Waals surface area contributed by atoms with E-state index >= 15 is 0 Å². The summed E-state index contributed by atoms with van der Waals surface area (Å²) >= 11 is 5.92. The quantitative estimate of drug-likeness (QED) is 0.923. The maximum Gasteiger partial charge on any atom is 0.142 e. The molecule has 2 aromatic rings. The zero-order valence-corrected chi connectivity index (χ0v) is 11.9. The van der Waals surface area contributed by atoms with Gasteiger partial charge in [0.2, 0.25) is 0 Å². The van der Waals surface area contributed by atoms with Crippen LogP contribution in [0.1, 0.15) is 35.5 Å². The lowest BCUT2D eigenvalue weighted by molar-refractivity contribution is 0.390. The van der Waals surface area contributed by atoms with Gasteiger partial charge in [-0.05, 0) is 32.4 Å². The molecule has 2 rings (SSSR count). The van der Waals surface area contributed by atoms with Crippen molar-refractivity contribution in [3.8, 4) is 0 Å². The summed E-state index contributed by atoms with van der Waals surface area (Å²) in [4.78, 5) is 0. The first-order valence-corrected chi connectivity index (χ1v) is 6.47. The Morgan fingerprint density at radius 2 is 2.16 bits per heavy atom. The molecule has 0 aliphatic carbocycles. The fourth-order valence-electron chi connectivity index (χ4n) is 2.16. The first-order chi connectivity index (χ1) is 9.00. The van der Waals surface area contributed by atoms with Crippen molar-refractivity contribution in [3.63, 3.8) is 0 Å². The summed E-state index contributed by atoms with van der Waals surface area (Å²) in [6.07, 6.45) is 0. The molecule has 0 saturated carbocycles. The van der Waals surface area contributed by atoms with E-state index in [1.165, 1.54) is 6.07 Å². The average molecular weight is 283 g/mol. The number of nitrogens with one attached hydrogen (secondary N) is 1. The minimum Gasteiger partial charge on any atom is -0.361 e. The second-order valence-electron chi connectivity index (χ2n) is 4.55. The number of aromatic nitrogens is 1. The molecule has 0 fully saturated rings. The molecule has 0 spiro atoms. The summed E-state index contributed by atoms with van der Waals surface area (Å²) in [6, 6.07) is 4.87. The van der Waals surface area contributed by atoms with Crippen LogP contribution < -0.4 is 5.32 Å². The maximum absolute atomic E-state index is 13.3. The summed E-state index contributed by atoms with van der Waals surface area (Å²) in [7, 11) is 0. The van der Waals surface area contributed by atoms with Gasteiger partial charge in [-0.15, -0.1) is 0 Å². The number of hydrogen-bond donors (Lipinski definition) is 1. The molecule has 0 radical (unpaired) electrons. The average Bonchev–Trinajstić information content (AvgIpc) is 2.71. The second-order valence-corrected chi connectivity index (χ2v) is 4.93. The third-order valence-electron chi connectivity index (χ3n) is 3.15. The number of nitrogens with zero attached hydrogens (tertiary/aromatic N) is 1. The molecule has 0 amide bonds. The molecule has 1 aromatic carbocycles. The molecule has 0 bridgehead atoms. The minimum absolute atomic E-state index is 0.0607. The smallest absolute Gasteiger partial charge is 0.142 e. The highest BCUT2D eigenvalue weighted by Crippen LogP contribution is 2.23. The number of aryl methyl sites for hydroxylation is 2.